The van der Waals surface area contributed by atoms with E-state index in [2.05, 4.69) is 9.26 Å². The summed E-state index contributed by atoms with van der Waals surface area (Å²) in [5.41, 5.74) is 0. The number of rotatable bonds is 10. The molecule has 0 radical (unpaired) electrons. The molecule has 0 aromatic carbocycles. The molecule has 0 spiro atoms. The summed E-state index contributed by atoms with van der Waals surface area (Å²) in [6.45, 7) is 2.79. The second-order valence-corrected chi connectivity index (χ2v) is 6.37. The molecule has 0 saturated heterocycles. The number of carbonyl (C=O) groups excluding carboxylic acids is 1. The van der Waals surface area contributed by atoms with Crippen LogP contribution in [0, 0.1) is 5.92 Å². The van der Waals surface area contributed by atoms with E-state index in [0.29, 0.717) is 6.42 Å². The average molecular weight is 346 g/mol. The molecule has 0 amide bonds. The Hall–Kier alpha value is -0.580. The average Bonchev–Trinajstić information content (AvgIpc) is 2.40. The van der Waals surface area contributed by atoms with Crippen molar-refractivity contribution in [2.45, 2.75) is 44.7 Å². The molecule has 0 rings (SSSR count). The zero-order chi connectivity index (χ0) is 17.5. The number of aliphatic hydroxyl groups excluding tert-OH is 4. The van der Waals surface area contributed by atoms with Crippen LogP contribution in [-0.4, -0.2) is 73.8 Å². The van der Waals surface area contributed by atoms with E-state index in [1.165, 1.54) is 0 Å². The van der Waals surface area contributed by atoms with Gasteiger partial charge in [0.25, 0.3) is 0 Å². The first-order valence-corrected chi connectivity index (χ1v) is 8.07. The SMILES string of the molecule is CC(C)CCOC(=O)C(O)C(O)C(O)C(O)COP(=O)(O)O. The molecule has 0 aliphatic carbocycles. The lowest BCUT2D eigenvalue weighted by Crippen LogP contribution is -2.49. The zero-order valence-electron chi connectivity index (χ0n) is 12.3. The normalized spacial score (nSPS) is 17.9. The molecule has 0 aromatic rings. The highest BCUT2D eigenvalue weighted by molar-refractivity contribution is 7.46. The molecule has 22 heavy (non-hydrogen) atoms. The standard InChI is InChI=1S/C11H23O10P/c1-6(2)3-4-20-11(16)10(15)9(14)8(13)7(12)5-21-22(17,18)19/h6-10,12-15H,3-5H2,1-2H3,(H2,17,18,19). The van der Waals surface area contributed by atoms with Crippen LogP contribution in [0.3, 0.4) is 0 Å². The quantitative estimate of drug-likeness (QED) is 0.194. The van der Waals surface area contributed by atoms with Gasteiger partial charge in [-0.1, -0.05) is 13.8 Å². The first-order chi connectivity index (χ1) is 9.95. The molecular weight excluding hydrogens is 323 g/mol. The van der Waals surface area contributed by atoms with Crippen LogP contribution in [0.1, 0.15) is 20.3 Å². The Morgan fingerprint density at radius 3 is 2.09 bits per heavy atom. The summed E-state index contributed by atoms with van der Waals surface area (Å²) < 4.78 is 19.1. The molecule has 10 nitrogen and oxygen atoms in total. The van der Waals surface area contributed by atoms with Crippen molar-refractivity contribution in [1.29, 1.82) is 0 Å². The Labute approximate surface area is 127 Å². The number of hydrogen-bond acceptors (Lipinski definition) is 8. The fourth-order valence-corrected chi connectivity index (χ4v) is 1.65. The molecule has 0 aromatic heterocycles. The highest BCUT2D eigenvalue weighted by atomic mass is 31.2. The topological polar surface area (TPSA) is 174 Å². The summed E-state index contributed by atoms with van der Waals surface area (Å²) in [6.07, 6.45) is -7.69. The summed E-state index contributed by atoms with van der Waals surface area (Å²) in [6, 6.07) is 0. The van der Waals surface area contributed by atoms with Crippen molar-refractivity contribution in [2.24, 2.45) is 5.92 Å². The Bertz CT molecular complexity index is 381. The van der Waals surface area contributed by atoms with Gasteiger partial charge in [-0.2, -0.15) is 0 Å². The molecule has 11 heteroatoms. The van der Waals surface area contributed by atoms with Crippen molar-refractivity contribution in [1.82, 2.24) is 0 Å². The van der Waals surface area contributed by atoms with Crippen LogP contribution >= 0.6 is 7.82 Å². The van der Waals surface area contributed by atoms with Crippen molar-refractivity contribution in [3.05, 3.63) is 0 Å². The maximum Gasteiger partial charge on any atom is 0.469 e. The van der Waals surface area contributed by atoms with Crippen LogP contribution in [0.25, 0.3) is 0 Å². The van der Waals surface area contributed by atoms with E-state index in [1.54, 1.807) is 0 Å². The summed E-state index contributed by atoms with van der Waals surface area (Å²) in [7, 11) is -4.86. The maximum atomic E-state index is 11.4. The Kier molecular flexibility index (Phi) is 9.28. The molecule has 0 aliphatic rings. The molecular formula is C11H23O10P. The maximum absolute atomic E-state index is 11.4. The van der Waals surface area contributed by atoms with E-state index in [0.717, 1.165) is 0 Å². The van der Waals surface area contributed by atoms with Crippen molar-refractivity contribution in [3.8, 4) is 0 Å². The van der Waals surface area contributed by atoms with E-state index in [-0.39, 0.29) is 12.5 Å². The summed E-state index contributed by atoms with van der Waals surface area (Å²) in [4.78, 5) is 28.3. The van der Waals surface area contributed by atoms with Crippen LogP contribution in [0.2, 0.25) is 0 Å². The van der Waals surface area contributed by atoms with E-state index >= 15 is 0 Å². The van der Waals surface area contributed by atoms with Gasteiger partial charge >= 0.3 is 13.8 Å². The fraction of sp³-hybridized carbons (Fsp3) is 0.909. The Balaban J connectivity index is 4.37. The van der Waals surface area contributed by atoms with Crippen molar-refractivity contribution in [3.63, 3.8) is 0 Å². The Morgan fingerprint density at radius 2 is 1.64 bits per heavy atom. The number of aliphatic hydroxyl groups is 4. The minimum Gasteiger partial charge on any atom is -0.464 e. The van der Waals surface area contributed by atoms with Crippen molar-refractivity contribution < 1.29 is 48.8 Å². The van der Waals surface area contributed by atoms with Gasteiger partial charge in [-0.05, 0) is 12.3 Å². The molecule has 0 aliphatic heterocycles. The molecule has 0 saturated carbocycles. The van der Waals surface area contributed by atoms with Gasteiger partial charge in [-0.15, -0.1) is 0 Å². The van der Waals surface area contributed by atoms with Gasteiger partial charge in [0, 0.05) is 0 Å². The first kappa shape index (κ1) is 21.4. The van der Waals surface area contributed by atoms with Crippen LogP contribution in [0.5, 0.6) is 0 Å². The summed E-state index contributed by atoms with van der Waals surface area (Å²) >= 11 is 0. The third-order valence-electron chi connectivity index (χ3n) is 2.66. The molecule has 0 fully saturated rings. The predicted octanol–water partition coefficient (Wildman–Crippen LogP) is -1.87. The van der Waals surface area contributed by atoms with Crippen LogP contribution < -0.4 is 0 Å². The van der Waals surface area contributed by atoms with Crippen LogP contribution in [-0.2, 0) is 18.6 Å². The second-order valence-electron chi connectivity index (χ2n) is 5.13. The molecule has 4 atom stereocenters. The fourth-order valence-electron chi connectivity index (χ4n) is 1.31. The summed E-state index contributed by atoms with van der Waals surface area (Å²) in [5, 5.41) is 38.0. The molecule has 4 unspecified atom stereocenters. The van der Waals surface area contributed by atoms with E-state index in [1.807, 2.05) is 13.8 Å². The molecule has 6 N–H and O–H groups in total. The number of phosphoric ester groups is 1. The van der Waals surface area contributed by atoms with Gasteiger partial charge in [0.05, 0.1) is 13.2 Å². The van der Waals surface area contributed by atoms with Crippen LogP contribution in [0.4, 0.5) is 0 Å². The third-order valence-corrected chi connectivity index (χ3v) is 3.15. The highest BCUT2D eigenvalue weighted by Gasteiger charge is 2.36. The zero-order valence-corrected chi connectivity index (χ0v) is 13.2. The molecule has 132 valence electrons. The number of carbonyl (C=O) groups is 1. The number of esters is 1. The number of phosphoric acid groups is 1. The summed E-state index contributed by atoms with van der Waals surface area (Å²) in [5.74, 6) is -0.928. The van der Waals surface area contributed by atoms with Gasteiger partial charge in [0.2, 0.25) is 0 Å². The first-order valence-electron chi connectivity index (χ1n) is 6.54. The van der Waals surface area contributed by atoms with Crippen LogP contribution in [0.15, 0.2) is 0 Å². The number of ether oxygens (including phenoxy) is 1. The second kappa shape index (κ2) is 9.53. The highest BCUT2D eigenvalue weighted by Crippen LogP contribution is 2.35. The van der Waals surface area contributed by atoms with E-state index < -0.39 is 44.8 Å². The van der Waals surface area contributed by atoms with Gasteiger partial charge < -0.3 is 34.9 Å². The van der Waals surface area contributed by atoms with E-state index in [4.69, 9.17) is 9.79 Å². The third kappa shape index (κ3) is 8.76. The van der Waals surface area contributed by atoms with Gasteiger partial charge in [0.1, 0.15) is 18.3 Å². The van der Waals surface area contributed by atoms with Gasteiger partial charge in [-0.3, -0.25) is 4.52 Å². The minimum absolute atomic E-state index is 0.0141. The minimum atomic E-state index is -4.86. The lowest BCUT2D eigenvalue weighted by molar-refractivity contribution is -0.170. The van der Waals surface area contributed by atoms with E-state index in [9.17, 15) is 29.8 Å². The number of hydrogen-bond donors (Lipinski definition) is 6. The molecule has 0 bridgehead atoms. The smallest absolute Gasteiger partial charge is 0.464 e. The lowest BCUT2D eigenvalue weighted by atomic mass is 10.0. The largest absolute Gasteiger partial charge is 0.469 e. The Morgan fingerprint density at radius 1 is 1.09 bits per heavy atom. The van der Waals surface area contributed by atoms with Crippen molar-refractivity contribution in [2.75, 3.05) is 13.2 Å². The van der Waals surface area contributed by atoms with Gasteiger partial charge in [0.15, 0.2) is 6.10 Å². The monoisotopic (exact) mass is 346 g/mol. The van der Waals surface area contributed by atoms with Crippen molar-refractivity contribution >= 4 is 13.8 Å². The predicted molar refractivity (Wildman–Crippen MR) is 72.4 cm³/mol. The lowest BCUT2D eigenvalue weighted by Gasteiger charge is -2.25. The van der Waals surface area contributed by atoms with Gasteiger partial charge in [-0.25, -0.2) is 9.36 Å². The molecule has 0 heterocycles.